The zero-order chi connectivity index (χ0) is 15.5. The molecule has 0 spiro atoms. The number of guanidine groups is 1. The molecule has 21 heavy (non-hydrogen) atoms. The number of nitrogens with one attached hydrogen (secondary N) is 2. The smallest absolute Gasteiger partial charge is 0.191 e. The lowest BCUT2D eigenvalue weighted by molar-refractivity contribution is 0.145. The van der Waals surface area contributed by atoms with Gasteiger partial charge in [0.25, 0.3) is 0 Å². The Morgan fingerprint density at radius 2 is 2.19 bits per heavy atom. The maximum atomic E-state index is 5.32. The minimum atomic E-state index is 0.484. The van der Waals surface area contributed by atoms with Crippen LogP contribution in [0.2, 0.25) is 0 Å². The Morgan fingerprint density at radius 3 is 2.81 bits per heavy atom. The van der Waals surface area contributed by atoms with Gasteiger partial charge in [0.15, 0.2) is 5.96 Å². The molecule has 1 aromatic heterocycles. The van der Waals surface area contributed by atoms with Crippen molar-refractivity contribution in [3.05, 3.63) is 16.1 Å². The molecular weight excluding hydrogens is 284 g/mol. The van der Waals surface area contributed by atoms with Crippen LogP contribution in [0, 0.1) is 0 Å². The highest BCUT2D eigenvalue weighted by Crippen LogP contribution is 2.19. The Hall–Kier alpha value is -1.14. The van der Waals surface area contributed by atoms with Gasteiger partial charge >= 0.3 is 0 Å². The molecule has 1 rings (SSSR count). The monoisotopic (exact) mass is 312 g/mol. The van der Waals surface area contributed by atoms with Gasteiger partial charge in [0, 0.05) is 37.6 Å². The van der Waals surface area contributed by atoms with E-state index >= 15 is 0 Å². The van der Waals surface area contributed by atoms with Crippen LogP contribution in [0.5, 0.6) is 0 Å². The van der Waals surface area contributed by atoms with E-state index in [1.807, 2.05) is 6.92 Å². The van der Waals surface area contributed by atoms with Crippen molar-refractivity contribution in [2.24, 2.45) is 4.99 Å². The SMILES string of the molecule is CCNC(=NCc1csc(C(C)C)n1)NCCCOCC. The van der Waals surface area contributed by atoms with Crippen LogP contribution in [0.15, 0.2) is 10.4 Å². The molecule has 6 heteroatoms. The van der Waals surface area contributed by atoms with Crippen LogP contribution in [-0.2, 0) is 11.3 Å². The van der Waals surface area contributed by atoms with Crippen molar-refractivity contribution in [3.63, 3.8) is 0 Å². The van der Waals surface area contributed by atoms with Crippen molar-refractivity contribution in [2.75, 3.05) is 26.3 Å². The topological polar surface area (TPSA) is 58.5 Å². The first-order chi connectivity index (χ1) is 10.2. The molecule has 0 aliphatic carbocycles. The maximum Gasteiger partial charge on any atom is 0.191 e. The van der Waals surface area contributed by atoms with Crippen molar-refractivity contribution in [2.45, 2.75) is 46.6 Å². The van der Waals surface area contributed by atoms with E-state index in [9.17, 15) is 0 Å². The van der Waals surface area contributed by atoms with Crippen LogP contribution in [0.25, 0.3) is 0 Å². The van der Waals surface area contributed by atoms with E-state index in [0.717, 1.165) is 44.4 Å². The number of nitrogens with zero attached hydrogens (tertiary/aromatic N) is 2. The Kier molecular flexibility index (Phi) is 9.01. The second-order valence-corrected chi connectivity index (χ2v) is 5.89. The summed E-state index contributed by atoms with van der Waals surface area (Å²) < 4.78 is 5.32. The fraction of sp³-hybridized carbons (Fsp3) is 0.733. The summed E-state index contributed by atoms with van der Waals surface area (Å²) in [4.78, 5) is 9.17. The first-order valence-corrected chi connectivity index (χ1v) is 8.59. The normalized spacial score (nSPS) is 12.0. The Bertz CT molecular complexity index is 418. The van der Waals surface area contributed by atoms with Gasteiger partial charge in [-0.15, -0.1) is 11.3 Å². The number of hydrogen-bond donors (Lipinski definition) is 2. The van der Waals surface area contributed by atoms with Gasteiger partial charge in [-0.2, -0.15) is 0 Å². The third-order valence-corrected chi connectivity index (χ3v) is 3.96. The van der Waals surface area contributed by atoms with Crippen molar-refractivity contribution in [3.8, 4) is 0 Å². The van der Waals surface area contributed by atoms with Crippen molar-refractivity contribution < 1.29 is 4.74 Å². The van der Waals surface area contributed by atoms with Crippen molar-refractivity contribution in [1.29, 1.82) is 0 Å². The predicted molar refractivity (Wildman–Crippen MR) is 90.1 cm³/mol. The lowest BCUT2D eigenvalue weighted by Crippen LogP contribution is -2.38. The molecular formula is C15H28N4OS. The second kappa shape index (κ2) is 10.6. The molecule has 0 fully saturated rings. The zero-order valence-corrected chi connectivity index (χ0v) is 14.4. The highest BCUT2D eigenvalue weighted by atomic mass is 32.1. The Balaban J connectivity index is 2.42. The van der Waals surface area contributed by atoms with Gasteiger partial charge in [0.2, 0.25) is 0 Å². The second-order valence-electron chi connectivity index (χ2n) is 5.00. The van der Waals surface area contributed by atoms with E-state index in [1.54, 1.807) is 11.3 Å². The summed E-state index contributed by atoms with van der Waals surface area (Å²) in [5.74, 6) is 1.32. The fourth-order valence-electron chi connectivity index (χ4n) is 1.69. The number of hydrogen-bond acceptors (Lipinski definition) is 4. The number of aliphatic imine (C=N–C) groups is 1. The summed E-state index contributed by atoms with van der Waals surface area (Å²) in [7, 11) is 0. The fourth-order valence-corrected chi connectivity index (χ4v) is 2.51. The zero-order valence-electron chi connectivity index (χ0n) is 13.6. The van der Waals surface area contributed by atoms with Crippen LogP contribution in [0.4, 0.5) is 0 Å². The van der Waals surface area contributed by atoms with Gasteiger partial charge in [0.1, 0.15) is 0 Å². The molecule has 0 amide bonds. The van der Waals surface area contributed by atoms with Gasteiger partial charge in [0.05, 0.1) is 17.2 Å². The molecule has 0 aliphatic rings. The number of rotatable bonds is 9. The van der Waals surface area contributed by atoms with E-state index in [2.05, 4.69) is 46.8 Å². The maximum absolute atomic E-state index is 5.32. The summed E-state index contributed by atoms with van der Waals surface area (Å²) >= 11 is 1.71. The molecule has 5 nitrogen and oxygen atoms in total. The number of thiazole rings is 1. The molecule has 2 N–H and O–H groups in total. The standard InChI is InChI=1S/C15H28N4OS/c1-5-16-15(17-8-7-9-20-6-2)18-10-13-11-21-14(19-13)12(3)4/h11-12H,5-10H2,1-4H3,(H2,16,17,18). The lowest BCUT2D eigenvalue weighted by Gasteiger charge is -2.10. The van der Waals surface area contributed by atoms with E-state index < -0.39 is 0 Å². The molecule has 1 aromatic rings. The molecule has 0 atom stereocenters. The molecule has 0 aromatic carbocycles. The summed E-state index contributed by atoms with van der Waals surface area (Å²) in [6.07, 6.45) is 0.979. The van der Waals surface area contributed by atoms with E-state index in [0.29, 0.717) is 12.5 Å². The van der Waals surface area contributed by atoms with Gasteiger partial charge in [-0.05, 0) is 20.3 Å². The largest absolute Gasteiger partial charge is 0.382 e. The van der Waals surface area contributed by atoms with Crippen LogP contribution in [-0.4, -0.2) is 37.2 Å². The molecule has 0 saturated heterocycles. The van der Waals surface area contributed by atoms with Gasteiger partial charge in [-0.25, -0.2) is 9.98 Å². The average Bonchev–Trinajstić information content (AvgIpc) is 2.93. The van der Waals surface area contributed by atoms with Gasteiger partial charge in [-0.1, -0.05) is 13.8 Å². The first-order valence-electron chi connectivity index (χ1n) is 7.71. The van der Waals surface area contributed by atoms with Gasteiger partial charge in [-0.3, -0.25) is 0 Å². The Morgan fingerprint density at radius 1 is 1.38 bits per heavy atom. The third-order valence-electron chi connectivity index (χ3n) is 2.77. The van der Waals surface area contributed by atoms with E-state index in [1.165, 1.54) is 5.01 Å². The van der Waals surface area contributed by atoms with E-state index in [-0.39, 0.29) is 0 Å². The molecule has 0 aliphatic heterocycles. The third kappa shape index (κ3) is 7.43. The molecule has 0 bridgehead atoms. The van der Waals surface area contributed by atoms with Crippen LogP contribution in [0.1, 0.15) is 50.7 Å². The Labute approximate surface area is 132 Å². The molecule has 120 valence electrons. The van der Waals surface area contributed by atoms with Crippen molar-refractivity contribution >= 4 is 17.3 Å². The van der Waals surface area contributed by atoms with Crippen LogP contribution < -0.4 is 10.6 Å². The predicted octanol–water partition coefficient (Wildman–Crippen LogP) is 2.75. The molecule has 0 saturated carbocycles. The van der Waals surface area contributed by atoms with Gasteiger partial charge < -0.3 is 15.4 Å². The number of aromatic nitrogens is 1. The molecule has 1 heterocycles. The quantitative estimate of drug-likeness (QED) is 0.418. The minimum absolute atomic E-state index is 0.484. The highest BCUT2D eigenvalue weighted by Gasteiger charge is 2.05. The first kappa shape index (κ1) is 17.9. The minimum Gasteiger partial charge on any atom is -0.382 e. The highest BCUT2D eigenvalue weighted by molar-refractivity contribution is 7.09. The number of ether oxygens (including phenoxy) is 1. The van der Waals surface area contributed by atoms with Crippen LogP contribution in [0.3, 0.4) is 0 Å². The van der Waals surface area contributed by atoms with Crippen LogP contribution >= 0.6 is 11.3 Å². The summed E-state index contributed by atoms with van der Waals surface area (Å²) in [5.41, 5.74) is 1.04. The molecule has 0 unspecified atom stereocenters. The summed E-state index contributed by atoms with van der Waals surface area (Å²) in [5, 5.41) is 9.83. The average molecular weight is 312 g/mol. The van der Waals surface area contributed by atoms with E-state index in [4.69, 9.17) is 4.74 Å². The summed E-state index contributed by atoms with van der Waals surface area (Å²) in [6, 6.07) is 0. The molecule has 0 radical (unpaired) electrons. The lowest BCUT2D eigenvalue weighted by atomic mass is 10.2. The summed E-state index contributed by atoms with van der Waals surface area (Å²) in [6.45, 7) is 12.3. The van der Waals surface area contributed by atoms with Crippen molar-refractivity contribution in [1.82, 2.24) is 15.6 Å².